The predicted molar refractivity (Wildman–Crippen MR) is 78.2 cm³/mol. The molecule has 3 N–H and O–H groups in total. The van der Waals surface area contributed by atoms with Crippen LogP contribution in [0.2, 0.25) is 0 Å². The molecule has 2 rings (SSSR count). The van der Waals surface area contributed by atoms with Crippen molar-refractivity contribution in [3.05, 3.63) is 47.9 Å². The summed E-state index contributed by atoms with van der Waals surface area (Å²) in [5, 5.41) is 14.8. The summed E-state index contributed by atoms with van der Waals surface area (Å²) in [7, 11) is 1.14. The van der Waals surface area contributed by atoms with Gasteiger partial charge in [0.05, 0.1) is 19.9 Å². The van der Waals surface area contributed by atoms with Gasteiger partial charge in [-0.2, -0.15) is 0 Å². The van der Waals surface area contributed by atoms with Crippen molar-refractivity contribution in [3.63, 3.8) is 0 Å². The van der Waals surface area contributed by atoms with Gasteiger partial charge in [0, 0.05) is 17.8 Å². The molecular weight excluding hydrogens is 310 g/mol. The third-order valence-corrected chi connectivity index (χ3v) is 3.11. The first kappa shape index (κ1) is 16.8. The molecule has 0 fully saturated rings. The number of halogens is 2. The highest BCUT2D eigenvalue weighted by Crippen LogP contribution is 2.25. The zero-order chi connectivity index (χ0) is 17.0. The Bertz CT molecular complexity index is 664. The van der Waals surface area contributed by atoms with Gasteiger partial charge in [-0.1, -0.05) is 0 Å². The lowest BCUT2D eigenvalue weighted by molar-refractivity contribution is 0.0372. The molecule has 23 heavy (non-hydrogen) atoms. The van der Waals surface area contributed by atoms with Crippen LogP contribution >= 0.6 is 0 Å². The predicted octanol–water partition coefficient (Wildman–Crippen LogP) is 2.60. The molecule has 1 heterocycles. The van der Waals surface area contributed by atoms with Gasteiger partial charge in [0.2, 0.25) is 0 Å². The number of anilines is 1. The Labute approximate surface area is 131 Å². The fraction of sp³-hybridized carbons (Fsp3) is 0.267. The summed E-state index contributed by atoms with van der Waals surface area (Å²) in [6, 6.07) is 4.28. The molecule has 2 amide bonds. The lowest BCUT2D eigenvalue weighted by Crippen LogP contribution is -2.40. The number of urea groups is 1. The molecule has 0 aliphatic heterocycles. The maximum atomic E-state index is 13.5. The molecule has 0 unspecified atom stereocenters. The number of methoxy groups -OCH3 is 1. The summed E-state index contributed by atoms with van der Waals surface area (Å²) in [5.41, 5.74) is -1.51. The third kappa shape index (κ3) is 3.98. The first-order chi connectivity index (χ1) is 10.8. The molecule has 6 nitrogen and oxygen atoms in total. The van der Waals surface area contributed by atoms with Gasteiger partial charge >= 0.3 is 6.03 Å². The number of carbonyl (C=O) groups excluding carboxylic acids is 1. The minimum atomic E-state index is -1.42. The van der Waals surface area contributed by atoms with Crippen molar-refractivity contribution < 1.29 is 27.8 Å². The molecule has 8 heteroatoms. The molecule has 2 aromatic rings. The molecule has 0 bridgehead atoms. The number of carbonyl (C=O) groups is 1. The summed E-state index contributed by atoms with van der Waals surface area (Å²) in [6.07, 6.45) is 1.40. The highest BCUT2D eigenvalue weighted by atomic mass is 19.1. The van der Waals surface area contributed by atoms with Crippen LogP contribution in [0.4, 0.5) is 19.3 Å². The lowest BCUT2D eigenvalue weighted by Gasteiger charge is -2.21. The summed E-state index contributed by atoms with van der Waals surface area (Å²) in [5.74, 6) is -2.13. The van der Waals surface area contributed by atoms with E-state index in [-0.39, 0.29) is 18.0 Å². The molecule has 0 aliphatic rings. The minimum absolute atomic E-state index is 0.0871. The van der Waals surface area contributed by atoms with E-state index in [2.05, 4.69) is 15.4 Å². The Morgan fingerprint density at radius 3 is 2.57 bits per heavy atom. The Hall–Kier alpha value is -2.61. The molecular formula is C15H16F2N2O4. The number of hydrogen-bond acceptors (Lipinski definition) is 4. The average Bonchev–Trinajstić information content (AvgIpc) is 3.00. The van der Waals surface area contributed by atoms with Crippen LogP contribution < -0.4 is 15.4 Å². The van der Waals surface area contributed by atoms with Crippen LogP contribution in [0.3, 0.4) is 0 Å². The lowest BCUT2D eigenvalue weighted by atomic mass is 10.0. The molecule has 1 aromatic heterocycles. The third-order valence-electron chi connectivity index (χ3n) is 3.11. The second-order valence-corrected chi connectivity index (χ2v) is 5.03. The number of nitrogens with one attached hydrogen (secondary N) is 2. The molecule has 1 atom stereocenters. The van der Waals surface area contributed by atoms with E-state index in [4.69, 9.17) is 4.42 Å². The van der Waals surface area contributed by atoms with E-state index >= 15 is 0 Å². The van der Waals surface area contributed by atoms with E-state index in [0.717, 1.165) is 19.2 Å². The molecule has 0 saturated carbocycles. The van der Waals surface area contributed by atoms with Gasteiger partial charge in [-0.05, 0) is 19.1 Å². The second-order valence-electron chi connectivity index (χ2n) is 5.03. The number of furan rings is 1. The van der Waals surface area contributed by atoms with Gasteiger partial charge in [-0.25, -0.2) is 13.6 Å². The molecule has 0 aliphatic carbocycles. The van der Waals surface area contributed by atoms with Crippen molar-refractivity contribution in [2.45, 2.75) is 12.5 Å². The smallest absolute Gasteiger partial charge is 0.319 e. The van der Waals surface area contributed by atoms with Crippen molar-refractivity contribution in [1.82, 2.24) is 5.32 Å². The van der Waals surface area contributed by atoms with Crippen LogP contribution in [0, 0.1) is 11.6 Å². The zero-order valence-electron chi connectivity index (χ0n) is 12.5. The topological polar surface area (TPSA) is 83.7 Å². The van der Waals surface area contributed by atoms with Gasteiger partial charge in [0.15, 0.2) is 17.4 Å². The fourth-order valence-electron chi connectivity index (χ4n) is 1.93. The molecule has 124 valence electrons. The largest absolute Gasteiger partial charge is 0.491 e. The number of aliphatic hydroxyl groups is 1. The molecule has 1 aromatic carbocycles. The molecule has 0 saturated heterocycles. The number of amides is 2. The second kappa shape index (κ2) is 6.66. The Morgan fingerprint density at radius 1 is 1.39 bits per heavy atom. The van der Waals surface area contributed by atoms with Crippen LogP contribution in [0.5, 0.6) is 5.75 Å². The van der Waals surface area contributed by atoms with Crippen LogP contribution in [0.1, 0.15) is 12.7 Å². The van der Waals surface area contributed by atoms with Crippen LogP contribution in [0.25, 0.3) is 0 Å². The number of hydrogen-bond donors (Lipinski definition) is 3. The normalized spacial score (nSPS) is 13.3. The van der Waals surface area contributed by atoms with Crippen molar-refractivity contribution in [2.75, 3.05) is 19.0 Å². The minimum Gasteiger partial charge on any atom is -0.491 e. The maximum absolute atomic E-state index is 13.5. The van der Waals surface area contributed by atoms with E-state index in [1.54, 1.807) is 12.1 Å². The number of benzene rings is 1. The van der Waals surface area contributed by atoms with E-state index < -0.39 is 29.0 Å². The summed E-state index contributed by atoms with van der Waals surface area (Å²) >= 11 is 0. The van der Waals surface area contributed by atoms with E-state index in [0.29, 0.717) is 0 Å². The van der Waals surface area contributed by atoms with Crippen molar-refractivity contribution in [1.29, 1.82) is 0 Å². The van der Waals surface area contributed by atoms with Crippen molar-refractivity contribution in [3.8, 4) is 5.75 Å². The highest BCUT2D eigenvalue weighted by molar-refractivity contribution is 5.89. The molecule has 0 spiro atoms. The van der Waals surface area contributed by atoms with E-state index in [1.807, 2.05) is 0 Å². The van der Waals surface area contributed by atoms with Gasteiger partial charge < -0.3 is 24.9 Å². The monoisotopic (exact) mass is 326 g/mol. The fourth-order valence-corrected chi connectivity index (χ4v) is 1.93. The van der Waals surface area contributed by atoms with Crippen LogP contribution in [-0.2, 0) is 5.60 Å². The number of ether oxygens (including phenoxy) is 1. The van der Waals surface area contributed by atoms with Gasteiger partial charge in [0.25, 0.3) is 0 Å². The maximum Gasteiger partial charge on any atom is 0.319 e. The Morgan fingerprint density at radius 2 is 2.04 bits per heavy atom. The SMILES string of the molecule is COc1c(F)cc(NC(=O)NC[C@](C)(O)c2ccco2)cc1F. The Balaban J connectivity index is 1.98. The van der Waals surface area contributed by atoms with Crippen LogP contribution in [-0.4, -0.2) is 24.8 Å². The molecule has 0 radical (unpaired) electrons. The summed E-state index contributed by atoms with van der Waals surface area (Å²) < 4.78 is 36.7. The first-order valence-electron chi connectivity index (χ1n) is 6.68. The summed E-state index contributed by atoms with van der Waals surface area (Å²) in [4.78, 5) is 11.8. The quantitative estimate of drug-likeness (QED) is 0.788. The Kier molecular flexibility index (Phi) is 4.85. The van der Waals surface area contributed by atoms with E-state index in [1.165, 1.54) is 13.2 Å². The van der Waals surface area contributed by atoms with Gasteiger partial charge in [0.1, 0.15) is 11.4 Å². The summed E-state index contributed by atoms with van der Waals surface area (Å²) in [6.45, 7) is 1.30. The zero-order valence-corrected chi connectivity index (χ0v) is 12.5. The average molecular weight is 326 g/mol. The van der Waals surface area contributed by atoms with Gasteiger partial charge in [-0.3, -0.25) is 0 Å². The van der Waals surface area contributed by atoms with Crippen molar-refractivity contribution in [2.24, 2.45) is 0 Å². The van der Waals surface area contributed by atoms with Gasteiger partial charge in [-0.15, -0.1) is 0 Å². The van der Waals surface area contributed by atoms with E-state index in [9.17, 15) is 18.7 Å². The van der Waals surface area contributed by atoms with Crippen molar-refractivity contribution >= 4 is 11.7 Å². The first-order valence-corrected chi connectivity index (χ1v) is 6.68. The number of rotatable bonds is 5. The van der Waals surface area contributed by atoms with Crippen LogP contribution in [0.15, 0.2) is 34.9 Å². The highest BCUT2D eigenvalue weighted by Gasteiger charge is 2.26. The standard InChI is InChI=1S/C15H16F2N2O4/c1-15(21,12-4-3-5-23-12)8-18-14(20)19-9-6-10(16)13(22-2)11(17)7-9/h3-7,21H,8H2,1-2H3,(H2,18,19,20)/t15-/m0/s1.